The summed E-state index contributed by atoms with van der Waals surface area (Å²) in [5.74, 6) is 0.339. The van der Waals surface area contributed by atoms with Crippen molar-refractivity contribution in [3.63, 3.8) is 0 Å². The van der Waals surface area contributed by atoms with E-state index in [4.69, 9.17) is 4.74 Å². The Morgan fingerprint density at radius 1 is 1.36 bits per heavy atom. The molecule has 6 heteroatoms. The standard InChI is InChI=1S/C16H30N4O2/c1-11(2)16(7,10-17-14(21)22-15(4,5)6)18-9-13-12(3)8-19-20-13/h8,11,18H,9-10H2,1-7H3,(H,17,21)(H,19,20). The fourth-order valence-electron chi connectivity index (χ4n) is 1.88. The van der Waals surface area contributed by atoms with Crippen molar-refractivity contribution in [1.82, 2.24) is 20.8 Å². The van der Waals surface area contributed by atoms with Crippen molar-refractivity contribution < 1.29 is 9.53 Å². The molecule has 0 spiro atoms. The Hall–Kier alpha value is -1.56. The average Bonchev–Trinajstić information content (AvgIpc) is 2.77. The van der Waals surface area contributed by atoms with Gasteiger partial charge in [0, 0.05) is 18.6 Å². The van der Waals surface area contributed by atoms with Crippen molar-refractivity contribution in [2.75, 3.05) is 6.54 Å². The molecule has 0 aliphatic carbocycles. The summed E-state index contributed by atoms with van der Waals surface area (Å²) in [7, 11) is 0. The molecule has 1 heterocycles. The van der Waals surface area contributed by atoms with Crippen LogP contribution in [0.1, 0.15) is 52.8 Å². The number of carbonyl (C=O) groups is 1. The van der Waals surface area contributed by atoms with E-state index >= 15 is 0 Å². The van der Waals surface area contributed by atoms with Gasteiger partial charge in [-0.3, -0.25) is 5.10 Å². The minimum atomic E-state index is -0.487. The number of H-pyrrole nitrogens is 1. The first kappa shape index (κ1) is 18.5. The van der Waals surface area contributed by atoms with Gasteiger partial charge in [-0.15, -0.1) is 0 Å². The summed E-state index contributed by atoms with van der Waals surface area (Å²) in [5.41, 5.74) is 1.45. The first-order valence-corrected chi connectivity index (χ1v) is 7.74. The highest BCUT2D eigenvalue weighted by Crippen LogP contribution is 2.17. The third-order valence-corrected chi connectivity index (χ3v) is 3.88. The Morgan fingerprint density at radius 2 is 2.00 bits per heavy atom. The molecule has 0 aliphatic heterocycles. The van der Waals surface area contributed by atoms with E-state index in [9.17, 15) is 4.79 Å². The largest absolute Gasteiger partial charge is 0.444 e. The fraction of sp³-hybridized carbons (Fsp3) is 0.750. The number of nitrogens with zero attached hydrogens (tertiary/aromatic N) is 1. The van der Waals surface area contributed by atoms with Gasteiger partial charge in [0.05, 0.1) is 11.9 Å². The summed E-state index contributed by atoms with van der Waals surface area (Å²) in [6, 6.07) is 0. The lowest BCUT2D eigenvalue weighted by Gasteiger charge is -2.35. The third kappa shape index (κ3) is 5.67. The van der Waals surface area contributed by atoms with Crippen molar-refractivity contribution in [3.05, 3.63) is 17.5 Å². The maximum atomic E-state index is 11.8. The molecule has 0 fully saturated rings. The molecule has 126 valence electrons. The van der Waals surface area contributed by atoms with Gasteiger partial charge in [0.2, 0.25) is 0 Å². The SMILES string of the molecule is Cc1cn[nH]c1CNC(C)(CNC(=O)OC(C)(C)C)C(C)C. The van der Waals surface area contributed by atoms with Crippen LogP contribution in [0.3, 0.4) is 0 Å². The van der Waals surface area contributed by atoms with Gasteiger partial charge >= 0.3 is 6.09 Å². The van der Waals surface area contributed by atoms with Crippen molar-refractivity contribution in [1.29, 1.82) is 0 Å². The van der Waals surface area contributed by atoms with Gasteiger partial charge in [0.1, 0.15) is 5.60 Å². The molecule has 1 atom stereocenters. The lowest BCUT2D eigenvalue weighted by atomic mass is 9.88. The Kier molecular flexibility index (Phi) is 6.00. The maximum Gasteiger partial charge on any atom is 0.407 e. The summed E-state index contributed by atoms with van der Waals surface area (Å²) in [4.78, 5) is 11.8. The quantitative estimate of drug-likeness (QED) is 0.755. The topological polar surface area (TPSA) is 79.0 Å². The van der Waals surface area contributed by atoms with Gasteiger partial charge in [-0.1, -0.05) is 13.8 Å². The van der Waals surface area contributed by atoms with Crippen LogP contribution in [0.4, 0.5) is 4.79 Å². The summed E-state index contributed by atoms with van der Waals surface area (Å²) < 4.78 is 5.29. The monoisotopic (exact) mass is 310 g/mol. The van der Waals surface area contributed by atoms with E-state index in [1.54, 1.807) is 0 Å². The van der Waals surface area contributed by atoms with Crippen molar-refractivity contribution in [2.24, 2.45) is 5.92 Å². The van der Waals surface area contributed by atoms with Crippen LogP contribution in [0.15, 0.2) is 6.20 Å². The molecule has 3 N–H and O–H groups in total. The van der Waals surface area contributed by atoms with E-state index < -0.39 is 5.60 Å². The van der Waals surface area contributed by atoms with Gasteiger partial charge in [0.25, 0.3) is 0 Å². The predicted molar refractivity (Wildman–Crippen MR) is 87.6 cm³/mol. The summed E-state index contributed by atoms with van der Waals surface area (Å²) in [6.45, 7) is 15.1. The highest BCUT2D eigenvalue weighted by atomic mass is 16.6. The number of aryl methyl sites for hydroxylation is 1. The fourth-order valence-corrected chi connectivity index (χ4v) is 1.88. The van der Waals surface area contributed by atoms with Crippen LogP contribution in [-0.2, 0) is 11.3 Å². The highest BCUT2D eigenvalue weighted by molar-refractivity contribution is 5.67. The number of nitrogens with one attached hydrogen (secondary N) is 3. The summed E-state index contributed by atoms with van der Waals surface area (Å²) >= 11 is 0. The molecule has 0 radical (unpaired) electrons. The predicted octanol–water partition coefficient (Wildman–Crippen LogP) is 2.75. The Morgan fingerprint density at radius 3 is 2.45 bits per heavy atom. The molecule has 0 aromatic carbocycles. The Labute approximate surface area is 133 Å². The lowest BCUT2D eigenvalue weighted by Crippen LogP contribution is -2.55. The number of hydrogen-bond donors (Lipinski definition) is 3. The van der Waals surface area contributed by atoms with E-state index in [1.165, 1.54) is 0 Å². The van der Waals surface area contributed by atoms with Gasteiger partial charge in [-0.2, -0.15) is 5.10 Å². The maximum absolute atomic E-state index is 11.8. The molecular formula is C16H30N4O2. The molecule has 1 rings (SSSR count). The van der Waals surface area contributed by atoms with E-state index in [0.29, 0.717) is 19.0 Å². The summed E-state index contributed by atoms with van der Waals surface area (Å²) in [5, 5.41) is 13.4. The molecule has 0 aliphatic rings. The second kappa shape index (κ2) is 7.13. The number of carbonyl (C=O) groups excluding carboxylic acids is 1. The molecule has 0 bridgehead atoms. The van der Waals surface area contributed by atoms with Crippen molar-refractivity contribution in [2.45, 2.75) is 66.2 Å². The molecule has 0 saturated carbocycles. The Balaban J connectivity index is 2.59. The van der Waals surface area contributed by atoms with Crippen LogP contribution >= 0.6 is 0 Å². The van der Waals surface area contributed by atoms with Crippen molar-refractivity contribution >= 4 is 6.09 Å². The van der Waals surface area contributed by atoms with E-state index in [2.05, 4.69) is 41.6 Å². The number of ether oxygens (including phenoxy) is 1. The lowest BCUT2D eigenvalue weighted by molar-refractivity contribution is 0.0503. The molecule has 1 aromatic heterocycles. The molecule has 22 heavy (non-hydrogen) atoms. The first-order valence-electron chi connectivity index (χ1n) is 7.74. The molecule has 1 aromatic rings. The number of hydrogen-bond acceptors (Lipinski definition) is 4. The van der Waals surface area contributed by atoms with Crippen LogP contribution in [-0.4, -0.2) is 34.0 Å². The van der Waals surface area contributed by atoms with Gasteiger partial charge < -0.3 is 15.4 Å². The second-order valence-electron chi connectivity index (χ2n) is 7.31. The minimum absolute atomic E-state index is 0.242. The minimum Gasteiger partial charge on any atom is -0.444 e. The van der Waals surface area contributed by atoms with Gasteiger partial charge in [-0.25, -0.2) is 4.79 Å². The number of amides is 1. The van der Waals surface area contributed by atoms with Crippen LogP contribution in [0.25, 0.3) is 0 Å². The third-order valence-electron chi connectivity index (χ3n) is 3.88. The molecule has 1 unspecified atom stereocenters. The zero-order valence-electron chi connectivity index (χ0n) is 14.8. The van der Waals surface area contributed by atoms with Gasteiger partial charge in [0.15, 0.2) is 0 Å². The molecular weight excluding hydrogens is 280 g/mol. The second-order valence-corrected chi connectivity index (χ2v) is 7.31. The Bertz CT molecular complexity index is 491. The average molecular weight is 310 g/mol. The van der Waals surface area contributed by atoms with Gasteiger partial charge in [-0.05, 0) is 46.1 Å². The van der Waals surface area contributed by atoms with E-state index in [0.717, 1.165) is 11.3 Å². The molecule has 6 nitrogen and oxygen atoms in total. The normalized spacial score (nSPS) is 14.7. The van der Waals surface area contributed by atoms with E-state index in [1.807, 2.05) is 33.9 Å². The number of rotatable bonds is 6. The zero-order valence-corrected chi connectivity index (χ0v) is 14.8. The van der Waals surface area contributed by atoms with E-state index in [-0.39, 0.29) is 11.6 Å². The number of aromatic nitrogens is 2. The van der Waals surface area contributed by atoms with Crippen LogP contribution < -0.4 is 10.6 Å². The number of aromatic amines is 1. The van der Waals surface area contributed by atoms with Crippen LogP contribution in [0.5, 0.6) is 0 Å². The first-order chi connectivity index (χ1) is 10.0. The smallest absolute Gasteiger partial charge is 0.407 e. The van der Waals surface area contributed by atoms with Crippen LogP contribution in [0, 0.1) is 12.8 Å². The van der Waals surface area contributed by atoms with Crippen molar-refractivity contribution in [3.8, 4) is 0 Å². The number of alkyl carbamates (subject to hydrolysis) is 1. The highest BCUT2D eigenvalue weighted by Gasteiger charge is 2.29. The zero-order chi connectivity index (χ0) is 17.0. The molecule has 1 amide bonds. The molecule has 0 saturated heterocycles. The van der Waals surface area contributed by atoms with Crippen LogP contribution in [0.2, 0.25) is 0 Å². The summed E-state index contributed by atoms with van der Waals surface area (Å²) in [6.07, 6.45) is 1.42.